The second-order valence-corrected chi connectivity index (χ2v) is 3.87. The quantitative estimate of drug-likeness (QED) is 0.746. The van der Waals surface area contributed by atoms with Crippen molar-refractivity contribution in [2.75, 3.05) is 5.32 Å². The van der Waals surface area contributed by atoms with Gasteiger partial charge >= 0.3 is 0 Å². The first-order chi connectivity index (χ1) is 9.36. The summed E-state index contributed by atoms with van der Waals surface area (Å²) in [4.78, 5) is 0. The summed E-state index contributed by atoms with van der Waals surface area (Å²) in [6.45, 7) is 0.518. The third-order valence-corrected chi connectivity index (χ3v) is 2.67. The maximum atomic E-state index is 9.01. The Hall–Kier alpha value is -3.01. The van der Waals surface area contributed by atoms with E-state index in [-0.39, 0.29) is 0 Å². The average Bonchev–Trinajstić information content (AvgIpc) is 2.93. The molecule has 0 atom stereocenters. The zero-order chi connectivity index (χ0) is 13.1. The number of nitrogens with zero attached hydrogens (tertiary/aromatic N) is 6. The second kappa shape index (κ2) is 4.70. The van der Waals surface area contributed by atoms with Gasteiger partial charge < -0.3 is 5.32 Å². The fourth-order valence-electron chi connectivity index (χ4n) is 1.71. The molecule has 3 rings (SSSR count). The van der Waals surface area contributed by atoms with Gasteiger partial charge in [-0.1, -0.05) is 18.2 Å². The molecule has 0 aliphatic heterocycles. The van der Waals surface area contributed by atoms with Gasteiger partial charge in [-0.2, -0.15) is 5.26 Å². The molecule has 0 radical (unpaired) electrons. The van der Waals surface area contributed by atoms with Crippen LogP contribution in [0.2, 0.25) is 0 Å². The minimum atomic E-state index is 0.518. The molecule has 0 unspecified atom stereocenters. The highest BCUT2D eigenvalue weighted by Gasteiger charge is 2.03. The van der Waals surface area contributed by atoms with E-state index in [9.17, 15) is 0 Å². The number of nitrogens with one attached hydrogen (secondary N) is 1. The molecule has 3 aromatic rings. The lowest BCUT2D eigenvalue weighted by Gasteiger charge is -2.06. The second-order valence-electron chi connectivity index (χ2n) is 3.87. The van der Waals surface area contributed by atoms with Gasteiger partial charge in [-0.25, -0.2) is 0 Å². The predicted octanol–water partition coefficient (Wildman–Crippen LogP) is 1.00. The van der Waals surface area contributed by atoms with Crippen LogP contribution in [0.4, 0.5) is 5.82 Å². The maximum Gasteiger partial charge on any atom is 0.200 e. The topological polar surface area (TPSA) is 91.8 Å². The van der Waals surface area contributed by atoms with Crippen LogP contribution in [0.25, 0.3) is 5.65 Å². The van der Waals surface area contributed by atoms with Crippen LogP contribution in [0, 0.1) is 11.3 Å². The molecule has 0 bridgehead atoms. The highest BCUT2D eigenvalue weighted by molar-refractivity contribution is 5.44. The monoisotopic (exact) mass is 251 g/mol. The Labute approximate surface area is 108 Å². The molecule has 1 aromatic carbocycles. The normalized spacial score (nSPS) is 10.3. The van der Waals surface area contributed by atoms with E-state index >= 15 is 0 Å². The lowest BCUT2D eigenvalue weighted by atomic mass is 10.1. The van der Waals surface area contributed by atoms with E-state index in [1.807, 2.05) is 18.2 Å². The summed E-state index contributed by atoms with van der Waals surface area (Å²) < 4.78 is 1.35. The lowest BCUT2D eigenvalue weighted by molar-refractivity contribution is 0.734. The van der Waals surface area contributed by atoms with E-state index in [2.05, 4.69) is 32.0 Å². The number of fused-ring (bicyclic) bond motifs is 1. The SMILES string of the molecule is N#Cc1ccccc1CNc1ccc2nnnn2n1. The summed E-state index contributed by atoms with van der Waals surface area (Å²) in [5, 5.41) is 27.3. The fourth-order valence-corrected chi connectivity index (χ4v) is 1.71. The Balaban J connectivity index is 1.80. The molecule has 0 aliphatic rings. The van der Waals surface area contributed by atoms with Crippen molar-refractivity contribution in [2.24, 2.45) is 0 Å². The number of hydrogen-bond acceptors (Lipinski definition) is 6. The van der Waals surface area contributed by atoms with E-state index in [0.29, 0.717) is 23.6 Å². The molecule has 92 valence electrons. The molecule has 2 aromatic heterocycles. The highest BCUT2D eigenvalue weighted by Crippen LogP contribution is 2.10. The number of hydrogen-bond donors (Lipinski definition) is 1. The molecule has 0 fully saturated rings. The van der Waals surface area contributed by atoms with Crippen LogP contribution in [0.15, 0.2) is 36.4 Å². The van der Waals surface area contributed by atoms with Crippen LogP contribution in [0.5, 0.6) is 0 Å². The van der Waals surface area contributed by atoms with Gasteiger partial charge in [-0.3, -0.25) is 0 Å². The first-order valence-corrected chi connectivity index (χ1v) is 5.64. The average molecular weight is 251 g/mol. The first kappa shape index (κ1) is 11.1. The number of tetrazole rings is 1. The van der Waals surface area contributed by atoms with Crippen LogP contribution in [-0.4, -0.2) is 25.3 Å². The third-order valence-electron chi connectivity index (χ3n) is 2.67. The zero-order valence-corrected chi connectivity index (χ0v) is 9.85. The van der Waals surface area contributed by atoms with Gasteiger partial charge in [-0.05, 0) is 34.2 Å². The van der Waals surface area contributed by atoms with Gasteiger partial charge in [-0.15, -0.1) is 14.8 Å². The summed E-state index contributed by atoms with van der Waals surface area (Å²) in [7, 11) is 0. The molecular formula is C12H9N7. The van der Waals surface area contributed by atoms with Crippen molar-refractivity contribution in [2.45, 2.75) is 6.54 Å². The van der Waals surface area contributed by atoms with Crippen LogP contribution >= 0.6 is 0 Å². The van der Waals surface area contributed by atoms with E-state index in [1.54, 1.807) is 18.2 Å². The van der Waals surface area contributed by atoms with Gasteiger partial charge in [0.05, 0.1) is 11.6 Å². The number of anilines is 1. The Kier molecular flexibility index (Phi) is 2.74. The van der Waals surface area contributed by atoms with E-state index in [1.165, 1.54) is 4.63 Å². The molecule has 0 amide bonds. The van der Waals surface area contributed by atoms with Crippen molar-refractivity contribution in [3.63, 3.8) is 0 Å². The number of rotatable bonds is 3. The molecular weight excluding hydrogens is 242 g/mol. The number of aromatic nitrogens is 5. The fraction of sp³-hybridized carbons (Fsp3) is 0.0833. The summed E-state index contributed by atoms with van der Waals surface area (Å²) in [5.41, 5.74) is 2.16. The lowest BCUT2D eigenvalue weighted by Crippen LogP contribution is -2.05. The Morgan fingerprint density at radius 1 is 1.21 bits per heavy atom. The van der Waals surface area contributed by atoms with Crippen molar-refractivity contribution < 1.29 is 0 Å². The summed E-state index contributed by atoms with van der Waals surface area (Å²) in [5.74, 6) is 0.646. The molecule has 7 nitrogen and oxygen atoms in total. The van der Waals surface area contributed by atoms with Crippen molar-refractivity contribution in [3.05, 3.63) is 47.5 Å². The standard InChI is InChI=1S/C12H9N7/c13-7-9-3-1-2-4-10(9)8-14-11-5-6-12-15-17-18-19(12)16-11/h1-6H,8H2,(H,14,16). The minimum absolute atomic E-state index is 0.518. The molecule has 0 saturated carbocycles. The molecule has 7 heteroatoms. The number of nitriles is 1. The molecule has 19 heavy (non-hydrogen) atoms. The van der Waals surface area contributed by atoms with Crippen molar-refractivity contribution in [3.8, 4) is 6.07 Å². The maximum absolute atomic E-state index is 9.01. The van der Waals surface area contributed by atoms with Crippen LogP contribution in [0.3, 0.4) is 0 Å². The molecule has 1 N–H and O–H groups in total. The molecule has 2 heterocycles. The van der Waals surface area contributed by atoms with Gasteiger partial charge in [0.15, 0.2) is 5.65 Å². The minimum Gasteiger partial charge on any atom is -0.364 e. The first-order valence-electron chi connectivity index (χ1n) is 5.64. The molecule has 0 saturated heterocycles. The molecule has 0 spiro atoms. The number of benzene rings is 1. The summed E-state index contributed by atoms with van der Waals surface area (Å²) in [6, 6.07) is 13.2. The third kappa shape index (κ3) is 2.19. The van der Waals surface area contributed by atoms with Gasteiger partial charge in [0.1, 0.15) is 5.82 Å². The Bertz CT molecular complexity index is 756. The summed E-state index contributed by atoms with van der Waals surface area (Å²) in [6.07, 6.45) is 0. The Morgan fingerprint density at radius 2 is 2.11 bits per heavy atom. The van der Waals surface area contributed by atoms with Crippen LogP contribution in [0.1, 0.15) is 11.1 Å². The Morgan fingerprint density at radius 3 is 3.00 bits per heavy atom. The van der Waals surface area contributed by atoms with E-state index in [0.717, 1.165) is 5.56 Å². The molecule has 0 aliphatic carbocycles. The largest absolute Gasteiger partial charge is 0.364 e. The van der Waals surface area contributed by atoms with Gasteiger partial charge in [0, 0.05) is 6.54 Å². The van der Waals surface area contributed by atoms with Crippen molar-refractivity contribution in [1.29, 1.82) is 5.26 Å². The van der Waals surface area contributed by atoms with Gasteiger partial charge in [0.25, 0.3) is 0 Å². The van der Waals surface area contributed by atoms with Crippen LogP contribution in [-0.2, 0) is 6.54 Å². The zero-order valence-electron chi connectivity index (χ0n) is 9.85. The van der Waals surface area contributed by atoms with E-state index < -0.39 is 0 Å². The van der Waals surface area contributed by atoms with Crippen molar-refractivity contribution in [1.82, 2.24) is 25.3 Å². The highest BCUT2D eigenvalue weighted by atomic mass is 15.6. The summed E-state index contributed by atoms with van der Waals surface area (Å²) >= 11 is 0. The van der Waals surface area contributed by atoms with Crippen molar-refractivity contribution >= 4 is 11.5 Å². The predicted molar refractivity (Wildman–Crippen MR) is 67.1 cm³/mol. The van der Waals surface area contributed by atoms with Gasteiger partial charge in [0.2, 0.25) is 0 Å². The smallest absolute Gasteiger partial charge is 0.200 e. The van der Waals surface area contributed by atoms with Crippen LogP contribution < -0.4 is 5.32 Å². The van der Waals surface area contributed by atoms with E-state index in [4.69, 9.17) is 5.26 Å².